The van der Waals surface area contributed by atoms with Crippen LogP contribution in [0.15, 0.2) is 34.1 Å². The molecule has 25 heavy (non-hydrogen) atoms. The zero-order valence-electron chi connectivity index (χ0n) is 13.6. The van der Waals surface area contributed by atoms with Gasteiger partial charge in [0.1, 0.15) is 6.04 Å². The van der Waals surface area contributed by atoms with Crippen LogP contribution in [0.4, 0.5) is 5.13 Å². The summed E-state index contributed by atoms with van der Waals surface area (Å²) in [6.45, 7) is 0.388. The standard InChI is InChI=1S/C16H18BrN3O3S2/c1-25(22,23)20-9-3-2-4-14(20)15(21)19-16-18-13(10-24-16)11-5-7-12(17)8-6-11/h5-8,10,14H,2-4,9H2,1H3,(H,18,19,21)/t14-/m0/s1. The monoisotopic (exact) mass is 443 g/mol. The molecule has 2 aromatic rings. The fourth-order valence-corrected chi connectivity index (χ4v) is 4.95. The third kappa shape index (κ3) is 4.46. The molecule has 0 unspecified atom stereocenters. The van der Waals surface area contributed by atoms with Gasteiger partial charge in [0.15, 0.2) is 5.13 Å². The fourth-order valence-electron chi connectivity index (χ4n) is 2.84. The number of benzene rings is 1. The molecule has 1 atom stereocenters. The van der Waals surface area contributed by atoms with Crippen LogP contribution in [0, 0.1) is 0 Å². The summed E-state index contributed by atoms with van der Waals surface area (Å²) >= 11 is 4.72. The Morgan fingerprint density at radius 1 is 1.32 bits per heavy atom. The molecule has 1 amide bonds. The van der Waals surface area contributed by atoms with E-state index in [1.807, 2.05) is 29.6 Å². The Morgan fingerprint density at radius 3 is 2.72 bits per heavy atom. The maximum Gasteiger partial charge on any atom is 0.244 e. The Labute approximate surface area is 159 Å². The first-order valence-electron chi connectivity index (χ1n) is 7.84. The van der Waals surface area contributed by atoms with Crippen LogP contribution in [0.25, 0.3) is 11.3 Å². The van der Waals surface area contributed by atoms with Gasteiger partial charge in [-0.1, -0.05) is 34.5 Å². The van der Waals surface area contributed by atoms with Crippen molar-refractivity contribution in [2.24, 2.45) is 0 Å². The van der Waals surface area contributed by atoms with E-state index >= 15 is 0 Å². The summed E-state index contributed by atoms with van der Waals surface area (Å²) in [7, 11) is -3.40. The lowest BCUT2D eigenvalue weighted by Crippen LogP contribution is -2.49. The van der Waals surface area contributed by atoms with Gasteiger partial charge in [-0.25, -0.2) is 13.4 Å². The van der Waals surface area contributed by atoms with Crippen LogP contribution in [0.1, 0.15) is 19.3 Å². The number of carbonyl (C=O) groups excluding carboxylic acids is 1. The minimum absolute atomic E-state index is 0.318. The van der Waals surface area contributed by atoms with Crippen molar-refractivity contribution in [3.05, 3.63) is 34.1 Å². The number of hydrogen-bond acceptors (Lipinski definition) is 5. The highest BCUT2D eigenvalue weighted by Crippen LogP contribution is 2.27. The predicted molar refractivity (Wildman–Crippen MR) is 103 cm³/mol. The Hall–Kier alpha value is -1.29. The van der Waals surface area contributed by atoms with Crippen LogP contribution in [-0.2, 0) is 14.8 Å². The number of carbonyl (C=O) groups is 1. The zero-order valence-corrected chi connectivity index (χ0v) is 16.8. The van der Waals surface area contributed by atoms with Crippen molar-refractivity contribution in [2.75, 3.05) is 18.1 Å². The van der Waals surface area contributed by atoms with Crippen LogP contribution >= 0.6 is 27.3 Å². The molecule has 1 saturated heterocycles. The molecular weight excluding hydrogens is 426 g/mol. The number of piperidine rings is 1. The van der Waals surface area contributed by atoms with Gasteiger partial charge in [-0.2, -0.15) is 4.31 Å². The minimum Gasteiger partial charge on any atom is -0.301 e. The summed E-state index contributed by atoms with van der Waals surface area (Å²) in [4.78, 5) is 17.0. The number of halogens is 1. The molecule has 1 N–H and O–H groups in total. The van der Waals surface area contributed by atoms with Gasteiger partial charge >= 0.3 is 0 Å². The van der Waals surface area contributed by atoms with E-state index in [0.717, 1.165) is 34.8 Å². The molecule has 0 saturated carbocycles. The van der Waals surface area contributed by atoms with Crippen molar-refractivity contribution in [1.82, 2.24) is 9.29 Å². The van der Waals surface area contributed by atoms with Crippen LogP contribution in [0.3, 0.4) is 0 Å². The maximum atomic E-state index is 12.6. The fraction of sp³-hybridized carbons (Fsp3) is 0.375. The second-order valence-corrected chi connectivity index (χ2v) is 9.63. The van der Waals surface area contributed by atoms with Gasteiger partial charge in [-0.15, -0.1) is 11.3 Å². The molecule has 1 aromatic carbocycles. The molecule has 134 valence electrons. The van der Waals surface area contributed by atoms with Gasteiger partial charge in [0.05, 0.1) is 11.9 Å². The van der Waals surface area contributed by atoms with Gasteiger partial charge in [0.25, 0.3) is 0 Å². The van der Waals surface area contributed by atoms with Gasteiger partial charge in [-0.3, -0.25) is 4.79 Å². The highest BCUT2D eigenvalue weighted by molar-refractivity contribution is 9.10. The predicted octanol–water partition coefficient (Wildman–Crippen LogP) is 3.33. The summed E-state index contributed by atoms with van der Waals surface area (Å²) in [6.07, 6.45) is 3.30. The third-order valence-electron chi connectivity index (χ3n) is 4.06. The summed E-state index contributed by atoms with van der Waals surface area (Å²) in [5.41, 5.74) is 1.73. The Kier molecular flexibility index (Phi) is 5.57. The first kappa shape index (κ1) is 18.5. The second kappa shape index (κ2) is 7.53. The van der Waals surface area contributed by atoms with E-state index in [2.05, 4.69) is 26.2 Å². The molecular formula is C16H18BrN3O3S2. The molecule has 0 radical (unpaired) electrons. The molecule has 2 heterocycles. The number of rotatable bonds is 4. The summed E-state index contributed by atoms with van der Waals surface area (Å²) in [6, 6.07) is 7.08. The van der Waals surface area contributed by atoms with E-state index in [9.17, 15) is 13.2 Å². The van der Waals surface area contributed by atoms with Crippen LogP contribution in [-0.4, -0.2) is 42.5 Å². The van der Waals surface area contributed by atoms with Crippen molar-refractivity contribution in [3.8, 4) is 11.3 Å². The molecule has 1 aliphatic rings. The Balaban J connectivity index is 1.73. The lowest BCUT2D eigenvalue weighted by atomic mass is 10.0. The van der Waals surface area contributed by atoms with Crippen molar-refractivity contribution in [2.45, 2.75) is 25.3 Å². The lowest BCUT2D eigenvalue weighted by Gasteiger charge is -2.32. The number of hydrogen-bond donors (Lipinski definition) is 1. The SMILES string of the molecule is CS(=O)(=O)N1CCCC[C@H]1C(=O)Nc1nc(-c2ccc(Br)cc2)cs1. The molecule has 0 spiro atoms. The molecule has 6 nitrogen and oxygen atoms in total. The van der Waals surface area contributed by atoms with Crippen molar-refractivity contribution in [3.63, 3.8) is 0 Å². The molecule has 1 aliphatic heterocycles. The van der Waals surface area contributed by atoms with E-state index in [4.69, 9.17) is 0 Å². The second-order valence-electron chi connectivity index (χ2n) is 5.92. The number of nitrogens with zero attached hydrogens (tertiary/aromatic N) is 2. The third-order valence-corrected chi connectivity index (χ3v) is 6.63. The van der Waals surface area contributed by atoms with E-state index in [1.165, 1.54) is 15.6 Å². The molecule has 3 rings (SSSR count). The molecule has 9 heteroatoms. The van der Waals surface area contributed by atoms with Crippen LogP contribution < -0.4 is 5.32 Å². The van der Waals surface area contributed by atoms with Crippen molar-refractivity contribution in [1.29, 1.82) is 0 Å². The number of thiazole rings is 1. The first-order valence-corrected chi connectivity index (χ1v) is 11.4. The number of amides is 1. The minimum atomic E-state index is -3.40. The van der Waals surface area contributed by atoms with Crippen molar-refractivity contribution < 1.29 is 13.2 Å². The highest BCUT2D eigenvalue weighted by Gasteiger charge is 2.34. The number of aromatic nitrogens is 1. The highest BCUT2D eigenvalue weighted by atomic mass is 79.9. The molecule has 0 bridgehead atoms. The smallest absolute Gasteiger partial charge is 0.244 e. The molecule has 1 fully saturated rings. The van der Waals surface area contributed by atoms with Gasteiger partial charge in [0.2, 0.25) is 15.9 Å². The average molecular weight is 444 g/mol. The quantitative estimate of drug-likeness (QED) is 0.785. The van der Waals surface area contributed by atoms with Crippen LogP contribution in [0.5, 0.6) is 0 Å². The van der Waals surface area contributed by atoms with E-state index in [1.54, 1.807) is 0 Å². The number of nitrogens with one attached hydrogen (secondary N) is 1. The lowest BCUT2D eigenvalue weighted by molar-refractivity contribution is -0.120. The summed E-state index contributed by atoms with van der Waals surface area (Å²) < 4.78 is 26.1. The normalized spacial score (nSPS) is 18.9. The van der Waals surface area contributed by atoms with E-state index in [-0.39, 0.29) is 5.91 Å². The first-order chi connectivity index (χ1) is 11.8. The summed E-state index contributed by atoms with van der Waals surface area (Å²) in [5, 5.41) is 5.11. The molecule has 1 aromatic heterocycles. The van der Waals surface area contributed by atoms with Crippen molar-refractivity contribution >= 4 is 48.3 Å². The zero-order chi connectivity index (χ0) is 18.0. The Morgan fingerprint density at radius 2 is 2.04 bits per heavy atom. The maximum absolute atomic E-state index is 12.6. The van der Waals surface area contributed by atoms with Gasteiger partial charge in [-0.05, 0) is 25.0 Å². The molecule has 0 aliphatic carbocycles. The van der Waals surface area contributed by atoms with Gasteiger partial charge in [0, 0.05) is 22.0 Å². The van der Waals surface area contributed by atoms with Gasteiger partial charge < -0.3 is 5.32 Å². The van der Waals surface area contributed by atoms with E-state index < -0.39 is 16.1 Å². The Bertz CT molecular complexity index is 865. The van der Waals surface area contributed by atoms with E-state index in [0.29, 0.717) is 18.1 Å². The average Bonchev–Trinajstić information content (AvgIpc) is 3.03. The number of sulfonamides is 1. The largest absolute Gasteiger partial charge is 0.301 e. The topological polar surface area (TPSA) is 79.4 Å². The number of anilines is 1. The van der Waals surface area contributed by atoms with Crippen LogP contribution in [0.2, 0.25) is 0 Å². The summed E-state index contributed by atoms with van der Waals surface area (Å²) in [5.74, 6) is -0.318.